The van der Waals surface area contributed by atoms with E-state index in [0.717, 1.165) is 11.6 Å². The number of nitrogens with one attached hydrogen (secondary N) is 1. The molecule has 1 aliphatic heterocycles. The van der Waals surface area contributed by atoms with Crippen LogP contribution in [0.25, 0.3) is 0 Å². The first-order valence-corrected chi connectivity index (χ1v) is 9.59. The minimum atomic E-state index is -1.27. The van der Waals surface area contributed by atoms with Gasteiger partial charge in [-0.1, -0.05) is 12.1 Å². The topological polar surface area (TPSA) is 88.1 Å². The number of ketones is 1. The first kappa shape index (κ1) is 22.0. The van der Waals surface area contributed by atoms with Gasteiger partial charge in [-0.05, 0) is 48.7 Å². The average molecular weight is 417 g/mol. The Balaban J connectivity index is 1.64. The van der Waals surface area contributed by atoms with E-state index in [1.165, 1.54) is 0 Å². The molecular weight excluding hydrogens is 395 g/mol. The van der Waals surface area contributed by atoms with E-state index in [-0.39, 0.29) is 30.8 Å². The quantitative estimate of drug-likeness (QED) is 0.645. The van der Waals surface area contributed by atoms with Gasteiger partial charge in [0.15, 0.2) is 17.4 Å². The van der Waals surface area contributed by atoms with Crippen molar-refractivity contribution in [3.05, 3.63) is 70.5 Å². The number of halogens is 3. The molecule has 158 valence electrons. The van der Waals surface area contributed by atoms with Gasteiger partial charge >= 0.3 is 0 Å². The minimum absolute atomic E-state index is 0.0775. The molecule has 0 amide bonds. The Morgan fingerprint density at radius 3 is 2.53 bits per heavy atom. The first-order valence-electron chi connectivity index (χ1n) is 9.59. The van der Waals surface area contributed by atoms with Gasteiger partial charge in [-0.3, -0.25) is 4.79 Å². The molecule has 3 rings (SSSR count). The van der Waals surface area contributed by atoms with Crippen LogP contribution in [0.5, 0.6) is 0 Å². The molecule has 2 aromatic carbocycles. The van der Waals surface area contributed by atoms with Gasteiger partial charge in [-0.2, -0.15) is 5.26 Å². The van der Waals surface area contributed by atoms with Gasteiger partial charge in [0.05, 0.1) is 18.2 Å². The van der Waals surface area contributed by atoms with Crippen molar-refractivity contribution in [3.63, 3.8) is 0 Å². The van der Waals surface area contributed by atoms with Crippen LogP contribution in [0.2, 0.25) is 0 Å². The number of nitriles is 1. The Bertz CT molecular complexity index is 951. The Kier molecular flexibility index (Phi) is 6.87. The molecule has 5 nitrogen and oxygen atoms in total. The number of nitrogens with zero attached hydrogens (tertiary/aromatic N) is 1. The van der Waals surface area contributed by atoms with Crippen LogP contribution in [0.3, 0.4) is 0 Å². The maximum Gasteiger partial charge on any atom is 0.167 e. The van der Waals surface area contributed by atoms with Gasteiger partial charge < -0.3 is 15.8 Å². The summed E-state index contributed by atoms with van der Waals surface area (Å²) in [6, 6.07) is 9.38. The molecule has 0 radical (unpaired) electrons. The van der Waals surface area contributed by atoms with E-state index in [2.05, 4.69) is 5.32 Å². The highest BCUT2D eigenvalue weighted by Crippen LogP contribution is 2.26. The van der Waals surface area contributed by atoms with Gasteiger partial charge in [0.25, 0.3) is 0 Å². The molecule has 1 saturated heterocycles. The molecular formula is C22H22F3N3O2. The van der Waals surface area contributed by atoms with E-state index < -0.39 is 29.1 Å². The van der Waals surface area contributed by atoms with E-state index >= 15 is 0 Å². The van der Waals surface area contributed by atoms with Gasteiger partial charge in [0.2, 0.25) is 0 Å². The summed E-state index contributed by atoms with van der Waals surface area (Å²) in [4.78, 5) is 13.0. The fourth-order valence-corrected chi connectivity index (χ4v) is 3.51. The SMILES string of the molecule is N#Cc1ccc(CO[C@]2(C(=O)C[C@H](N)Cc3cc(F)c(F)cc3F)CCNC2)cc1. The highest BCUT2D eigenvalue weighted by atomic mass is 19.2. The predicted molar refractivity (Wildman–Crippen MR) is 104 cm³/mol. The Morgan fingerprint density at radius 1 is 1.20 bits per heavy atom. The molecule has 0 aromatic heterocycles. The zero-order valence-electron chi connectivity index (χ0n) is 16.3. The van der Waals surface area contributed by atoms with E-state index in [0.29, 0.717) is 31.1 Å². The minimum Gasteiger partial charge on any atom is -0.361 e. The van der Waals surface area contributed by atoms with E-state index in [1.54, 1.807) is 24.3 Å². The highest BCUT2D eigenvalue weighted by molar-refractivity contribution is 5.88. The van der Waals surface area contributed by atoms with Crippen molar-refractivity contribution in [1.82, 2.24) is 5.32 Å². The monoisotopic (exact) mass is 417 g/mol. The number of benzene rings is 2. The lowest BCUT2D eigenvalue weighted by Crippen LogP contribution is -2.46. The van der Waals surface area contributed by atoms with E-state index in [4.69, 9.17) is 15.7 Å². The number of carbonyl (C=O) groups excluding carboxylic acids is 1. The van der Waals surface area contributed by atoms with Gasteiger partial charge in [0.1, 0.15) is 11.4 Å². The Labute approximate surface area is 172 Å². The summed E-state index contributed by atoms with van der Waals surface area (Å²) in [6.45, 7) is 1.12. The molecule has 1 aliphatic rings. The summed E-state index contributed by atoms with van der Waals surface area (Å²) in [6.07, 6.45) is 0.274. The lowest BCUT2D eigenvalue weighted by molar-refractivity contribution is -0.144. The Hall–Kier alpha value is -2.73. The molecule has 8 heteroatoms. The van der Waals surface area contributed by atoms with Crippen molar-refractivity contribution in [3.8, 4) is 6.07 Å². The van der Waals surface area contributed by atoms with Crippen LogP contribution in [0.4, 0.5) is 13.2 Å². The van der Waals surface area contributed by atoms with Crippen LogP contribution in [-0.4, -0.2) is 30.5 Å². The number of carbonyl (C=O) groups is 1. The Morgan fingerprint density at radius 2 is 1.90 bits per heavy atom. The van der Waals surface area contributed by atoms with Crippen LogP contribution in [0.1, 0.15) is 29.5 Å². The standard InChI is InChI=1S/C22H22F3N3O2/c23-18-10-20(25)19(24)8-16(18)7-17(27)9-21(29)22(5-6-28-13-22)30-12-15-3-1-14(11-26)2-4-15/h1-4,8,10,17,28H,5-7,9,12-13,27H2/t17-,22-/m1/s1. The highest BCUT2D eigenvalue weighted by Gasteiger charge is 2.42. The van der Waals surface area contributed by atoms with Crippen molar-refractivity contribution in [2.45, 2.75) is 37.5 Å². The maximum atomic E-state index is 13.9. The molecule has 30 heavy (non-hydrogen) atoms. The normalized spacial score (nSPS) is 19.4. The van der Waals surface area contributed by atoms with Gasteiger partial charge in [-0.15, -0.1) is 0 Å². The van der Waals surface area contributed by atoms with Crippen LogP contribution < -0.4 is 11.1 Å². The third kappa shape index (κ3) is 5.05. The van der Waals surface area contributed by atoms with Gasteiger partial charge in [0, 0.05) is 25.1 Å². The molecule has 1 heterocycles. The third-order valence-corrected chi connectivity index (χ3v) is 5.24. The summed E-state index contributed by atoms with van der Waals surface area (Å²) in [5.74, 6) is -3.55. The van der Waals surface area contributed by atoms with Gasteiger partial charge in [-0.25, -0.2) is 13.2 Å². The molecule has 3 N–H and O–H groups in total. The van der Waals surface area contributed by atoms with Crippen LogP contribution in [0.15, 0.2) is 36.4 Å². The third-order valence-electron chi connectivity index (χ3n) is 5.24. The number of nitrogens with two attached hydrogens (primary N) is 1. The second kappa shape index (κ2) is 9.39. The molecule has 1 fully saturated rings. The molecule has 0 bridgehead atoms. The molecule has 0 unspecified atom stereocenters. The van der Waals surface area contributed by atoms with Crippen molar-refractivity contribution in [2.75, 3.05) is 13.1 Å². The summed E-state index contributed by atoms with van der Waals surface area (Å²) < 4.78 is 46.3. The van der Waals surface area contributed by atoms with Crippen LogP contribution in [-0.2, 0) is 22.6 Å². The molecule has 0 spiro atoms. The van der Waals surface area contributed by atoms with Crippen molar-refractivity contribution in [2.24, 2.45) is 5.73 Å². The number of Topliss-reactive ketones (excluding diaryl/α,β-unsaturated/α-hetero) is 1. The predicted octanol–water partition coefficient (Wildman–Crippen LogP) is 2.75. The zero-order chi connectivity index (χ0) is 21.7. The lowest BCUT2D eigenvalue weighted by Gasteiger charge is -2.28. The average Bonchev–Trinajstić information content (AvgIpc) is 3.21. The summed E-state index contributed by atoms with van der Waals surface area (Å²) >= 11 is 0. The van der Waals surface area contributed by atoms with Crippen molar-refractivity contribution >= 4 is 5.78 Å². The second-order valence-corrected chi connectivity index (χ2v) is 7.47. The molecule has 2 aromatic rings. The number of rotatable bonds is 8. The lowest BCUT2D eigenvalue weighted by atomic mass is 9.90. The zero-order valence-corrected chi connectivity index (χ0v) is 16.3. The molecule has 0 saturated carbocycles. The number of hydrogen-bond acceptors (Lipinski definition) is 5. The second-order valence-electron chi connectivity index (χ2n) is 7.47. The molecule has 0 aliphatic carbocycles. The van der Waals surface area contributed by atoms with Crippen LogP contribution >= 0.6 is 0 Å². The van der Waals surface area contributed by atoms with Crippen molar-refractivity contribution in [1.29, 1.82) is 5.26 Å². The van der Waals surface area contributed by atoms with E-state index in [1.807, 2.05) is 6.07 Å². The number of hydrogen-bond donors (Lipinski definition) is 2. The van der Waals surface area contributed by atoms with Crippen molar-refractivity contribution < 1.29 is 22.7 Å². The first-order chi connectivity index (χ1) is 14.3. The van der Waals surface area contributed by atoms with E-state index in [9.17, 15) is 18.0 Å². The number of ether oxygens (including phenoxy) is 1. The smallest absolute Gasteiger partial charge is 0.167 e. The van der Waals surface area contributed by atoms with Crippen LogP contribution in [0, 0.1) is 28.8 Å². The summed E-state index contributed by atoms with van der Waals surface area (Å²) in [7, 11) is 0. The summed E-state index contributed by atoms with van der Waals surface area (Å²) in [5, 5.41) is 12.0. The maximum absolute atomic E-state index is 13.9. The molecule has 2 atom stereocenters. The fourth-order valence-electron chi connectivity index (χ4n) is 3.51. The largest absolute Gasteiger partial charge is 0.361 e. The fraction of sp³-hybridized carbons (Fsp3) is 0.364. The summed E-state index contributed by atoms with van der Waals surface area (Å²) in [5.41, 5.74) is 6.23.